The lowest BCUT2D eigenvalue weighted by Crippen LogP contribution is -2.35. The minimum atomic E-state index is -4.73. The van der Waals surface area contributed by atoms with E-state index in [1.54, 1.807) is 0 Å². The maximum Gasteiger partial charge on any atom is 0.573 e. The SMILES string of the molecule is Cc1ccc(CN2CCC(C(=O)c3ccc(OC(F)(F)F)cc3)CC2)cc1. The maximum atomic E-state index is 12.6. The molecule has 0 radical (unpaired) electrons. The van der Waals surface area contributed by atoms with E-state index in [1.165, 1.54) is 35.4 Å². The Morgan fingerprint density at radius 3 is 2.19 bits per heavy atom. The van der Waals surface area contributed by atoms with Gasteiger partial charge < -0.3 is 4.74 Å². The average Bonchev–Trinajstić information content (AvgIpc) is 2.63. The van der Waals surface area contributed by atoms with Crippen molar-refractivity contribution in [1.29, 1.82) is 0 Å². The van der Waals surface area contributed by atoms with E-state index in [0.29, 0.717) is 5.56 Å². The molecule has 144 valence electrons. The molecule has 2 aromatic carbocycles. The molecule has 27 heavy (non-hydrogen) atoms. The fourth-order valence-electron chi connectivity index (χ4n) is 3.36. The van der Waals surface area contributed by atoms with Crippen LogP contribution < -0.4 is 4.74 Å². The normalized spacial score (nSPS) is 16.3. The van der Waals surface area contributed by atoms with Crippen molar-refractivity contribution in [1.82, 2.24) is 4.90 Å². The van der Waals surface area contributed by atoms with Crippen LogP contribution in [0.25, 0.3) is 0 Å². The number of ether oxygens (including phenoxy) is 1. The number of piperidine rings is 1. The van der Waals surface area contributed by atoms with Gasteiger partial charge >= 0.3 is 6.36 Å². The van der Waals surface area contributed by atoms with E-state index >= 15 is 0 Å². The second kappa shape index (κ2) is 8.13. The van der Waals surface area contributed by atoms with Gasteiger partial charge in [-0.3, -0.25) is 9.69 Å². The molecule has 0 unspecified atom stereocenters. The third-order valence-electron chi connectivity index (χ3n) is 4.86. The number of rotatable bonds is 5. The molecule has 1 aliphatic rings. The van der Waals surface area contributed by atoms with Crippen molar-refractivity contribution in [2.75, 3.05) is 13.1 Å². The van der Waals surface area contributed by atoms with Gasteiger partial charge in [-0.1, -0.05) is 29.8 Å². The number of aryl methyl sites for hydroxylation is 1. The van der Waals surface area contributed by atoms with E-state index in [-0.39, 0.29) is 17.5 Å². The van der Waals surface area contributed by atoms with Crippen molar-refractivity contribution in [3.05, 3.63) is 65.2 Å². The zero-order valence-corrected chi connectivity index (χ0v) is 15.1. The summed E-state index contributed by atoms with van der Waals surface area (Å²) in [5.74, 6) is -0.413. The van der Waals surface area contributed by atoms with E-state index in [4.69, 9.17) is 0 Å². The number of carbonyl (C=O) groups is 1. The summed E-state index contributed by atoms with van der Waals surface area (Å²) in [6, 6.07) is 13.6. The third kappa shape index (κ3) is 5.57. The van der Waals surface area contributed by atoms with Crippen LogP contribution in [0.3, 0.4) is 0 Å². The number of likely N-dealkylation sites (tertiary alicyclic amines) is 1. The van der Waals surface area contributed by atoms with Crippen LogP contribution in [-0.2, 0) is 6.54 Å². The number of carbonyl (C=O) groups excluding carboxylic acids is 1. The van der Waals surface area contributed by atoms with Gasteiger partial charge in [-0.05, 0) is 62.7 Å². The van der Waals surface area contributed by atoms with Gasteiger partial charge in [0.1, 0.15) is 5.75 Å². The lowest BCUT2D eigenvalue weighted by molar-refractivity contribution is -0.274. The first-order valence-electron chi connectivity index (χ1n) is 8.98. The maximum absolute atomic E-state index is 12.6. The lowest BCUT2D eigenvalue weighted by Gasteiger charge is -2.31. The summed E-state index contributed by atoms with van der Waals surface area (Å²) in [6.07, 6.45) is -3.22. The fraction of sp³-hybridized carbons (Fsp3) is 0.381. The van der Waals surface area contributed by atoms with Gasteiger partial charge in [0.05, 0.1) is 0 Å². The van der Waals surface area contributed by atoms with Gasteiger partial charge in [0.15, 0.2) is 5.78 Å². The quantitative estimate of drug-likeness (QED) is 0.688. The third-order valence-corrected chi connectivity index (χ3v) is 4.86. The van der Waals surface area contributed by atoms with Crippen molar-refractivity contribution in [2.24, 2.45) is 5.92 Å². The van der Waals surface area contributed by atoms with Gasteiger partial charge in [-0.15, -0.1) is 13.2 Å². The Bertz CT molecular complexity index is 762. The van der Waals surface area contributed by atoms with Gasteiger partial charge in [-0.25, -0.2) is 0 Å². The smallest absolute Gasteiger partial charge is 0.406 e. The van der Waals surface area contributed by atoms with Crippen molar-refractivity contribution in [3.8, 4) is 5.75 Å². The predicted molar refractivity (Wildman–Crippen MR) is 96.6 cm³/mol. The van der Waals surface area contributed by atoms with Crippen molar-refractivity contribution < 1.29 is 22.7 Å². The lowest BCUT2D eigenvalue weighted by atomic mass is 9.88. The molecular formula is C21H22F3NO2. The van der Waals surface area contributed by atoms with E-state index in [0.717, 1.165) is 32.5 Å². The van der Waals surface area contributed by atoms with Gasteiger partial charge in [0, 0.05) is 18.0 Å². The number of alkyl halides is 3. The number of hydrogen-bond acceptors (Lipinski definition) is 3. The van der Waals surface area contributed by atoms with E-state index in [2.05, 4.69) is 40.8 Å². The Labute approximate surface area is 156 Å². The van der Waals surface area contributed by atoms with Crippen LogP contribution in [0, 0.1) is 12.8 Å². The molecule has 0 atom stereocenters. The Morgan fingerprint density at radius 2 is 1.63 bits per heavy atom. The molecule has 6 heteroatoms. The standard InChI is InChI=1S/C21H22F3NO2/c1-15-2-4-16(5-3-15)14-25-12-10-18(11-13-25)20(26)17-6-8-19(9-7-17)27-21(22,23)24/h2-9,18H,10-14H2,1H3. The van der Waals surface area contributed by atoms with Crippen LogP contribution in [0.5, 0.6) is 5.75 Å². The van der Waals surface area contributed by atoms with Crippen LogP contribution in [0.15, 0.2) is 48.5 Å². The van der Waals surface area contributed by atoms with E-state index in [9.17, 15) is 18.0 Å². The Hall–Kier alpha value is -2.34. The van der Waals surface area contributed by atoms with Crippen molar-refractivity contribution in [2.45, 2.75) is 32.7 Å². The van der Waals surface area contributed by atoms with Crippen LogP contribution in [-0.4, -0.2) is 30.1 Å². The second-order valence-corrected chi connectivity index (χ2v) is 6.97. The Morgan fingerprint density at radius 1 is 1.04 bits per heavy atom. The molecule has 0 bridgehead atoms. The van der Waals surface area contributed by atoms with Gasteiger partial charge in [0.25, 0.3) is 0 Å². The highest BCUT2D eigenvalue weighted by molar-refractivity contribution is 5.98. The topological polar surface area (TPSA) is 29.5 Å². The fourth-order valence-corrected chi connectivity index (χ4v) is 3.36. The summed E-state index contributed by atoms with van der Waals surface area (Å²) in [6.45, 7) is 4.59. The molecule has 0 spiro atoms. The summed E-state index contributed by atoms with van der Waals surface area (Å²) < 4.78 is 40.5. The van der Waals surface area contributed by atoms with Crippen LogP contribution in [0.4, 0.5) is 13.2 Å². The van der Waals surface area contributed by atoms with Crippen LogP contribution >= 0.6 is 0 Å². The first kappa shape index (κ1) is 19.4. The number of hydrogen-bond donors (Lipinski definition) is 0. The molecule has 2 aromatic rings. The van der Waals surface area contributed by atoms with Crippen LogP contribution in [0.1, 0.15) is 34.3 Å². The summed E-state index contributed by atoms with van der Waals surface area (Å²) in [7, 11) is 0. The first-order valence-corrected chi connectivity index (χ1v) is 8.98. The molecule has 0 N–H and O–H groups in total. The number of ketones is 1. The largest absolute Gasteiger partial charge is 0.573 e. The first-order chi connectivity index (χ1) is 12.8. The zero-order valence-electron chi connectivity index (χ0n) is 15.1. The molecule has 1 heterocycles. The minimum absolute atomic E-state index is 0.0106. The average molecular weight is 377 g/mol. The minimum Gasteiger partial charge on any atom is -0.406 e. The number of halogens is 3. The molecule has 1 aliphatic heterocycles. The number of Topliss-reactive ketones (excluding diaryl/α,β-unsaturated/α-hetero) is 1. The summed E-state index contributed by atoms with van der Waals surface area (Å²) in [4.78, 5) is 14.9. The predicted octanol–water partition coefficient (Wildman–Crippen LogP) is 4.99. The number of nitrogens with zero attached hydrogens (tertiary/aromatic N) is 1. The summed E-state index contributed by atoms with van der Waals surface area (Å²) >= 11 is 0. The highest BCUT2D eigenvalue weighted by Crippen LogP contribution is 2.26. The highest BCUT2D eigenvalue weighted by Gasteiger charge is 2.31. The zero-order chi connectivity index (χ0) is 19.4. The molecule has 3 rings (SSSR count). The Balaban J connectivity index is 1.52. The highest BCUT2D eigenvalue weighted by atomic mass is 19.4. The van der Waals surface area contributed by atoms with Crippen molar-refractivity contribution >= 4 is 5.78 Å². The molecule has 0 aliphatic carbocycles. The molecule has 1 saturated heterocycles. The monoisotopic (exact) mass is 377 g/mol. The summed E-state index contributed by atoms with van der Waals surface area (Å²) in [5.41, 5.74) is 2.92. The molecule has 0 aromatic heterocycles. The molecule has 0 amide bonds. The molecule has 1 fully saturated rings. The molecule has 3 nitrogen and oxygen atoms in total. The molecule has 0 saturated carbocycles. The van der Waals surface area contributed by atoms with E-state index < -0.39 is 6.36 Å². The number of benzene rings is 2. The van der Waals surface area contributed by atoms with Crippen LogP contribution in [0.2, 0.25) is 0 Å². The molecular weight excluding hydrogens is 355 g/mol. The van der Waals surface area contributed by atoms with E-state index in [1.807, 2.05) is 0 Å². The van der Waals surface area contributed by atoms with Gasteiger partial charge in [0.2, 0.25) is 0 Å². The summed E-state index contributed by atoms with van der Waals surface area (Å²) in [5, 5.41) is 0. The second-order valence-electron chi connectivity index (χ2n) is 6.97. The van der Waals surface area contributed by atoms with Gasteiger partial charge in [-0.2, -0.15) is 0 Å². The Kier molecular flexibility index (Phi) is 5.85. The van der Waals surface area contributed by atoms with Crippen molar-refractivity contribution in [3.63, 3.8) is 0 Å².